The highest BCUT2D eigenvalue weighted by Gasteiger charge is 2.25. The SMILES string of the molecule is CC1CCCNC1CN1CC=C(C(C)(C)C)CC1. The predicted octanol–water partition coefficient (Wildman–Crippen LogP) is 3.05. The smallest absolute Gasteiger partial charge is 0.0220 e. The van der Waals surface area contributed by atoms with Crippen LogP contribution >= 0.6 is 0 Å². The molecule has 2 aliphatic heterocycles. The topological polar surface area (TPSA) is 15.3 Å². The molecule has 104 valence electrons. The summed E-state index contributed by atoms with van der Waals surface area (Å²) >= 11 is 0. The van der Waals surface area contributed by atoms with Gasteiger partial charge in [0.05, 0.1) is 0 Å². The van der Waals surface area contributed by atoms with Gasteiger partial charge in [-0.3, -0.25) is 4.90 Å². The Morgan fingerprint density at radius 2 is 2.17 bits per heavy atom. The summed E-state index contributed by atoms with van der Waals surface area (Å²) in [6.45, 7) is 14.2. The highest BCUT2D eigenvalue weighted by Crippen LogP contribution is 2.30. The minimum atomic E-state index is 0.364. The molecule has 0 aliphatic carbocycles. The lowest BCUT2D eigenvalue weighted by atomic mass is 9.82. The fraction of sp³-hybridized carbons (Fsp3) is 0.875. The van der Waals surface area contributed by atoms with Crippen LogP contribution < -0.4 is 5.32 Å². The van der Waals surface area contributed by atoms with Gasteiger partial charge in [-0.05, 0) is 37.1 Å². The van der Waals surface area contributed by atoms with Gasteiger partial charge in [-0.1, -0.05) is 39.3 Å². The third-order valence-corrected chi connectivity index (χ3v) is 4.64. The molecule has 1 N–H and O–H groups in total. The standard InChI is InChI=1S/C16H30N2/c1-13-6-5-9-17-15(13)12-18-10-7-14(8-11-18)16(2,3)4/h7,13,15,17H,5-6,8-12H2,1-4H3. The van der Waals surface area contributed by atoms with Crippen molar-refractivity contribution in [3.63, 3.8) is 0 Å². The summed E-state index contributed by atoms with van der Waals surface area (Å²) in [5, 5.41) is 3.70. The van der Waals surface area contributed by atoms with Crippen LogP contribution in [0.25, 0.3) is 0 Å². The van der Waals surface area contributed by atoms with E-state index in [2.05, 4.69) is 44.0 Å². The Morgan fingerprint density at radius 3 is 2.72 bits per heavy atom. The summed E-state index contributed by atoms with van der Waals surface area (Å²) < 4.78 is 0. The Labute approximate surface area is 113 Å². The molecule has 2 heterocycles. The van der Waals surface area contributed by atoms with E-state index in [1.54, 1.807) is 5.57 Å². The maximum Gasteiger partial charge on any atom is 0.0220 e. The summed E-state index contributed by atoms with van der Waals surface area (Å²) in [6, 6.07) is 0.711. The van der Waals surface area contributed by atoms with Crippen LogP contribution in [0.4, 0.5) is 0 Å². The fourth-order valence-corrected chi connectivity index (χ4v) is 3.19. The molecular weight excluding hydrogens is 220 g/mol. The minimum absolute atomic E-state index is 0.364. The first-order chi connectivity index (χ1) is 8.47. The maximum atomic E-state index is 3.70. The van der Waals surface area contributed by atoms with Crippen molar-refractivity contribution < 1.29 is 0 Å². The predicted molar refractivity (Wildman–Crippen MR) is 78.8 cm³/mol. The van der Waals surface area contributed by atoms with Gasteiger partial charge in [0.1, 0.15) is 0 Å². The molecule has 2 atom stereocenters. The lowest BCUT2D eigenvalue weighted by Gasteiger charge is -2.37. The van der Waals surface area contributed by atoms with Crippen LogP contribution in [0.3, 0.4) is 0 Å². The second-order valence-corrected chi connectivity index (χ2v) is 7.17. The number of piperidine rings is 1. The zero-order valence-electron chi connectivity index (χ0n) is 12.6. The largest absolute Gasteiger partial charge is 0.312 e. The van der Waals surface area contributed by atoms with Crippen molar-refractivity contribution in [1.82, 2.24) is 10.2 Å². The van der Waals surface area contributed by atoms with Crippen molar-refractivity contribution in [1.29, 1.82) is 0 Å². The van der Waals surface area contributed by atoms with Crippen molar-refractivity contribution in [2.45, 2.75) is 53.0 Å². The van der Waals surface area contributed by atoms with E-state index in [-0.39, 0.29) is 0 Å². The van der Waals surface area contributed by atoms with E-state index in [0.717, 1.165) is 12.5 Å². The molecule has 2 nitrogen and oxygen atoms in total. The minimum Gasteiger partial charge on any atom is -0.312 e. The van der Waals surface area contributed by atoms with E-state index >= 15 is 0 Å². The highest BCUT2D eigenvalue weighted by molar-refractivity contribution is 5.14. The Hall–Kier alpha value is -0.340. The van der Waals surface area contributed by atoms with Crippen LogP contribution in [0, 0.1) is 11.3 Å². The van der Waals surface area contributed by atoms with E-state index in [9.17, 15) is 0 Å². The molecule has 0 radical (unpaired) electrons. The van der Waals surface area contributed by atoms with Gasteiger partial charge >= 0.3 is 0 Å². The number of rotatable bonds is 2. The van der Waals surface area contributed by atoms with Crippen molar-refractivity contribution in [2.75, 3.05) is 26.2 Å². The van der Waals surface area contributed by atoms with Crippen LogP contribution in [0.2, 0.25) is 0 Å². The number of nitrogens with one attached hydrogen (secondary N) is 1. The highest BCUT2D eigenvalue weighted by atomic mass is 15.2. The molecule has 1 fully saturated rings. The summed E-state index contributed by atoms with van der Waals surface area (Å²) in [6.07, 6.45) is 6.47. The van der Waals surface area contributed by atoms with Crippen molar-refractivity contribution in [3.05, 3.63) is 11.6 Å². The Bertz CT molecular complexity index is 301. The summed E-state index contributed by atoms with van der Waals surface area (Å²) in [5.41, 5.74) is 2.01. The zero-order chi connectivity index (χ0) is 13.2. The van der Waals surface area contributed by atoms with Crippen LogP contribution in [-0.2, 0) is 0 Å². The number of nitrogens with zero attached hydrogens (tertiary/aromatic N) is 1. The van der Waals surface area contributed by atoms with Crippen LogP contribution in [0.5, 0.6) is 0 Å². The molecule has 0 aromatic heterocycles. The summed E-state index contributed by atoms with van der Waals surface area (Å²) in [7, 11) is 0. The monoisotopic (exact) mass is 250 g/mol. The molecule has 0 aromatic rings. The molecule has 0 spiro atoms. The van der Waals surface area contributed by atoms with Crippen LogP contribution in [-0.4, -0.2) is 37.1 Å². The Balaban J connectivity index is 1.84. The molecule has 2 unspecified atom stereocenters. The Morgan fingerprint density at radius 1 is 1.39 bits per heavy atom. The number of hydrogen-bond acceptors (Lipinski definition) is 2. The molecule has 0 saturated carbocycles. The quantitative estimate of drug-likeness (QED) is 0.758. The van der Waals surface area contributed by atoms with Crippen molar-refractivity contribution in [2.24, 2.45) is 11.3 Å². The van der Waals surface area contributed by atoms with Gasteiger partial charge in [-0.15, -0.1) is 0 Å². The van der Waals surface area contributed by atoms with E-state index in [1.807, 2.05) is 0 Å². The molecule has 2 aliphatic rings. The fourth-order valence-electron chi connectivity index (χ4n) is 3.19. The molecule has 0 bridgehead atoms. The Kier molecular flexibility index (Phi) is 4.50. The van der Waals surface area contributed by atoms with E-state index in [0.29, 0.717) is 11.5 Å². The third-order valence-electron chi connectivity index (χ3n) is 4.64. The molecular formula is C16H30N2. The van der Waals surface area contributed by atoms with Gasteiger partial charge in [-0.25, -0.2) is 0 Å². The normalized spacial score (nSPS) is 31.2. The second-order valence-electron chi connectivity index (χ2n) is 7.17. The van der Waals surface area contributed by atoms with Gasteiger partial charge in [0.15, 0.2) is 0 Å². The van der Waals surface area contributed by atoms with E-state index < -0.39 is 0 Å². The van der Waals surface area contributed by atoms with Gasteiger partial charge in [-0.2, -0.15) is 0 Å². The van der Waals surface area contributed by atoms with Crippen LogP contribution in [0.1, 0.15) is 47.0 Å². The first-order valence-electron chi connectivity index (χ1n) is 7.62. The van der Waals surface area contributed by atoms with Crippen molar-refractivity contribution in [3.8, 4) is 0 Å². The van der Waals surface area contributed by atoms with Crippen LogP contribution in [0.15, 0.2) is 11.6 Å². The molecule has 18 heavy (non-hydrogen) atoms. The van der Waals surface area contributed by atoms with Gasteiger partial charge in [0, 0.05) is 25.7 Å². The van der Waals surface area contributed by atoms with E-state index in [4.69, 9.17) is 0 Å². The van der Waals surface area contributed by atoms with Gasteiger partial charge in [0.2, 0.25) is 0 Å². The summed E-state index contributed by atoms with van der Waals surface area (Å²) in [4.78, 5) is 2.62. The molecule has 0 aromatic carbocycles. The maximum absolute atomic E-state index is 3.70. The lowest BCUT2D eigenvalue weighted by Crippen LogP contribution is -2.49. The van der Waals surface area contributed by atoms with Gasteiger partial charge in [0.25, 0.3) is 0 Å². The summed E-state index contributed by atoms with van der Waals surface area (Å²) in [5.74, 6) is 0.840. The molecule has 0 amide bonds. The average molecular weight is 250 g/mol. The number of hydrogen-bond donors (Lipinski definition) is 1. The molecule has 2 heteroatoms. The van der Waals surface area contributed by atoms with Gasteiger partial charge < -0.3 is 5.32 Å². The van der Waals surface area contributed by atoms with Crippen molar-refractivity contribution >= 4 is 0 Å². The zero-order valence-corrected chi connectivity index (χ0v) is 12.6. The lowest BCUT2D eigenvalue weighted by molar-refractivity contribution is 0.195. The molecule has 1 saturated heterocycles. The van der Waals surface area contributed by atoms with E-state index in [1.165, 1.54) is 38.9 Å². The first-order valence-corrected chi connectivity index (χ1v) is 7.62. The average Bonchev–Trinajstić information content (AvgIpc) is 2.32. The molecule has 2 rings (SSSR count). The first kappa shape index (κ1) is 14.1. The third kappa shape index (κ3) is 3.58. The second kappa shape index (κ2) is 5.75.